The zero-order chi connectivity index (χ0) is 15.2. The van der Waals surface area contributed by atoms with Gasteiger partial charge in [0.25, 0.3) is 5.91 Å². The first kappa shape index (κ1) is 16.0. The lowest BCUT2D eigenvalue weighted by Crippen LogP contribution is -2.50. The van der Waals surface area contributed by atoms with E-state index in [1.807, 2.05) is 13.8 Å². The van der Waals surface area contributed by atoms with Gasteiger partial charge in [-0.15, -0.1) is 0 Å². The van der Waals surface area contributed by atoms with Crippen molar-refractivity contribution in [3.8, 4) is 0 Å². The summed E-state index contributed by atoms with van der Waals surface area (Å²) in [5.74, 6) is -0.256. The average Bonchev–Trinajstić information content (AvgIpc) is 2.45. The van der Waals surface area contributed by atoms with E-state index in [2.05, 4.69) is 10.6 Å². The summed E-state index contributed by atoms with van der Waals surface area (Å²) in [6, 6.07) is 5.72. The number of urea groups is 1. The van der Waals surface area contributed by atoms with E-state index in [4.69, 9.17) is 5.73 Å². The Balaban J connectivity index is 2.79. The second-order valence-electron chi connectivity index (χ2n) is 4.67. The van der Waals surface area contributed by atoms with Crippen molar-refractivity contribution in [2.45, 2.75) is 32.2 Å². The van der Waals surface area contributed by atoms with Crippen molar-refractivity contribution in [3.63, 3.8) is 0 Å². The van der Waals surface area contributed by atoms with Crippen LogP contribution >= 0.6 is 0 Å². The summed E-state index contributed by atoms with van der Waals surface area (Å²) >= 11 is 0. The molecular weight excluding hydrogens is 258 g/mol. The molecular formula is C14H21N3O3. The predicted octanol–water partition coefficient (Wildman–Crippen LogP) is 1.46. The third-order valence-electron chi connectivity index (χ3n) is 3.45. The number of aliphatic hydroxyl groups excluding tert-OH is 1. The molecule has 0 unspecified atom stereocenters. The standard InChI is InChI=1S/C14H21N3O3/c1-3-14(4-2,9-18)17-12(19)10-5-7-11(8-6-10)16-13(15)20/h5-8,18H,3-4,9H2,1-2H3,(H,17,19)(H3,15,16,20). The molecule has 0 saturated heterocycles. The van der Waals surface area contributed by atoms with Crippen LogP contribution in [-0.4, -0.2) is 29.2 Å². The lowest BCUT2D eigenvalue weighted by molar-refractivity contribution is 0.0818. The molecule has 0 atom stereocenters. The van der Waals surface area contributed by atoms with E-state index in [0.717, 1.165) is 0 Å². The van der Waals surface area contributed by atoms with Gasteiger partial charge < -0.3 is 21.5 Å². The SMILES string of the molecule is CCC(CC)(CO)NC(=O)c1ccc(NC(N)=O)cc1. The van der Waals surface area contributed by atoms with Gasteiger partial charge in [-0.3, -0.25) is 4.79 Å². The van der Waals surface area contributed by atoms with Crippen molar-refractivity contribution < 1.29 is 14.7 Å². The van der Waals surface area contributed by atoms with Crippen molar-refractivity contribution in [3.05, 3.63) is 29.8 Å². The number of hydrogen-bond acceptors (Lipinski definition) is 3. The molecule has 1 aromatic carbocycles. The Morgan fingerprint density at radius 3 is 2.15 bits per heavy atom. The topological polar surface area (TPSA) is 104 Å². The first-order chi connectivity index (χ1) is 9.46. The van der Waals surface area contributed by atoms with Gasteiger partial charge in [0.15, 0.2) is 0 Å². The van der Waals surface area contributed by atoms with Gasteiger partial charge in [-0.1, -0.05) is 13.8 Å². The van der Waals surface area contributed by atoms with E-state index < -0.39 is 11.6 Å². The minimum absolute atomic E-state index is 0.104. The Morgan fingerprint density at radius 2 is 1.75 bits per heavy atom. The lowest BCUT2D eigenvalue weighted by Gasteiger charge is -2.30. The predicted molar refractivity (Wildman–Crippen MR) is 77.5 cm³/mol. The molecule has 0 radical (unpaired) electrons. The Labute approximate surface area is 118 Å². The van der Waals surface area contributed by atoms with Crippen molar-refractivity contribution in [1.82, 2.24) is 5.32 Å². The van der Waals surface area contributed by atoms with Crippen LogP contribution in [0.15, 0.2) is 24.3 Å². The second kappa shape index (κ2) is 6.91. The third kappa shape index (κ3) is 3.96. The number of hydrogen-bond donors (Lipinski definition) is 4. The number of primary amides is 1. The molecule has 5 N–H and O–H groups in total. The zero-order valence-electron chi connectivity index (χ0n) is 11.8. The van der Waals surface area contributed by atoms with Gasteiger partial charge in [0.1, 0.15) is 0 Å². The van der Waals surface area contributed by atoms with Crippen LogP contribution in [0.1, 0.15) is 37.0 Å². The minimum Gasteiger partial charge on any atom is -0.394 e. The van der Waals surface area contributed by atoms with Crippen LogP contribution in [0.2, 0.25) is 0 Å². The molecule has 0 heterocycles. The molecule has 0 saturated carbocycles. The van der Waals surface area contributed by atoms with Crippen LogP contribution in [0.4, 0.5) is 10.5 Å². The second-order valence-corrected chi connectivity index (χ2v) is 4.67. The fraction of sp³-hybridized carbons (Fsp3) is 0.429. The van der Waals surface area contributed by atoms with Crippen molar-refractivity contribution in [2.24, 2.45) is 5.73 Å². The number of nitrogens with two attached hydrogens (primary N) is 1. The molecule has 0 spiro atoms. The summed E-state index contributed by atoms with van der Waals surface area (Å²) in [7, 11) is 0. The van der Waals surface area contributed by atoms with Crippen LogP contribution < -0.4 is 16.4 Å². The van der Waals surface area contributed by atoms with Gasteiger partial charge in [-0.05, 0) is 37.1 Å². The highest BCUT2D eigenvalue weighted by atomic mass is 16.3. The molecule has 1 rings (SSSR count). The Hall–Kier alpha value is -2.08. The molecule has 3 amide bonds. The summed E-state index contributed by atoms with van der Waals surface area (Å²) in [6.45, 7) is 3.73. The van der Waals surface area contributed by atoms with Crippen molar-refractivity contribution in [2.75, 3.05) is 11.9 Å². The Bertz CT molecular complexity index is 459. The van der Waals surface area contributed by atoms with Crippen LogP contribution in [0.3, 0.4) is 0 Å². The summed E-state index contributed by atoms with van der Waals surface area (Å²) in [5, 5.41) is 14.7. The highest BCUT2D eigenvalue weighted by Crippen LogP contribution is 2.16. The monoisotopic (exact) mass is 279 g/mol. The first-order valence-corrected chi connectivity index (χ1v) is 6.56. The molecule has 20 heavy (non-hydrogen) atoms. The lowest BCUT2D eigenvalue weighted by atomic mass is 9.93. The van der Waals surface area contributed by atoms with Crippen LogP contribution in [0.5, 0.6) is 0 Å². The van der Waals surface area contributed by atoms with E-state index in [0.29, 0.717) is 24.1 Å². The quantitative estimate of drug-likeness (QED) is 0.633. The molecule has 0 bridgehead atoms. The van der Waals surface area contributed by atoms with E-state index in [9.17, 15) is 14.7 Å². The van der Waals surface area contributed by atoms with Crippen LogP contribution in [0.25, 0.3) is 0 Å². The van der Waals surface area contributed by atoms with Gasteiger partial charge in [0, 0.05) is 11.3 Å². The van der Waals surface area contributed by atoms with Crippen LogP contribution in [0, 0.1) is 0 Å². The number of carbonyl (C=O) groups excluding carboxylic acids is 2. The summed E-state index contributed by atoms with van der Waals surface area (Å²) in [6.07, 6.45) is 1.29. The van der Waals surface area contributed by atoms with Gasteiger partial charge in [0.05, 0.1) is 12.1 Å². The smallest absolute Gasteiger partial charge is 0.316 e. The molecule has 0 aliphatic heterocycles. The zero-order valence-corrected chi connectivity index (χ0v) is 11.8. The molecule has 0 fully saturated rings. The molecule has 1 aromatic rings. The van der Waals surface area contributed by atoms with E-state index in [1.54, 1.807) is 24.3 Å². The minimum atomic E-state index is -0.654. The fourth-order valence-corrected chi connectivity index (χ4v) is 1.85. The number of rotatable bonds is 6. The number of aliphatic hydroxyl groups is 1. The van der Waals surface area contributed by atoms with Gasteiger partial charge >= 0.3 is 6.03 Å². The van der Waals surface area contributed by atoms with Gasteiger partial charge in [0.2, 0.25) is 0 Å². The number of benzene rings is 1. The Morgan fingerprint density at radius 1 is 1.20 bits per heavy atom. The number of nitrogens with one attached hydrogen (secondary N) is 2. The highest BCUT2D eigenvalue weighted by molar-refractivity contribution is 5.95. The summed E-state index contributed by atoms with van der Waals surface area (Å²) < 4.78 is 0. The molecule has 0 aliphatic rings. The van der Waals surface area contributed by atoms with E-state index in [1.165, 1.54) is 0 Å². The molecule has 110 valence electrons. The van der Waals surface area contributed by atoms with Crippen molar-refractivity contribution in [1.29, 1.82) is 0 Å². The van der Waals surface area contributed by atoms with E-state index >= 15 is 0 Å². The summed E-state index contributed by atoms with van der Waals surface area (Å²) in [5.41, 5.74) is 5.39. The highest BCUT2D eigenvalue weighted by Gasteiger charge is 2.27. The number of amides is 3. The third-order valence-corrected chi connectivity index (χ3v) is 3.45. The van der Waals surface area contributed by atoms with Gasteiger partial charge in [-0.2, -0.15) is 0 Å². The van der Waals surface area contributed by atoms with Crippen LogP contribution in [-0.2, 0) is 0 Å². The molecule has 0 aromatic heterocycles. The van der Waals surface area contributed by atoms with E-state index in [-0.39, 0.29) is 12.5 Å². The molecule has 6 nitrogen and oxygen atoms in total. The normalized spacial score (nSPS) is 10.9. The Kier molecular flexibility index (Phi) is 5.52. The molecule has 6 heteroatoms. The average molecular weight is 279 g/mol. The number of anilines is 1. The maximum absolute atomic E-state index is 12.1. The largest absolute Gasteiger partial charge is 0.394 e. The first-order valence-electron chi connectivity index (χ1n) is 6.56. The number of carbonyl (C=O) groups is 2. The maximum atomic E-state index is 12.1. The molecule has 0 aliphatic carbocycles. The maximum Gasteiger partial charge on any atom is 0.316 e. The van der Waals surface area contributed by atoms with Gasteiger partial charge in [-0.25, -0.2) is 4.79 Å². The summed E-state index contributed by atoms with van der Waals surface area (Å²) in [4.78, 5) is 22.8. The van der Waals surface area contributed by atoms with Crippen molar-refractivity contribution >= 4 is 17.6 Å². The fourth-order valence-electron chi connectivity index (χ4n) is 1.85.